The second kappa shape index (κ2) is 5.50. The smallest absolute Gasteiger partial charge is 0.215 e. The van der Waals surface area contributed by atoms with Crippen molar-refractivity contribution in [3.63, 3.8) is 0 Å². The van der Waals surface area contributed by atoms with Gasteiger partial charge in [-0.15, -0.1) is 6.42 Å². The van der Waals surface area contributed by atoms with Crippen LogP contribution in [0.2, 0.25) is 0 Å². The predicted octanol–water partition coefficient (Wildman–Crippen LogP) is 0.497. The summed E-state index contributed by atoms with van der Waals surface area (Å²) in [7, 11) is -3.31. The summed E-state index contributed by atoms with van der Waals surface area (Å²) in [6.45, 7) is 2.51. The molecule has 0 saturated carbocycles. The second-order valence-electron chi connectivity index (χ2n) is 3.66. The van der Waals surface area contributed by atoms with Crippen molar-refractivity contribution in [2.24, 2.45) is 0 Å². The first-order valence-electron chi connectivity index (χ1n) is 5.15. The lowest BCUT2D eigenvalue weighted by Crippen LogP contribution is -2.38. The van der Waals surface area contributed by atoms with E-state index in [0.29, 0.717) is 13.0 Å². The summed E-state index contributed by atoms with van der Waals surface area (Å²) in [5.41, 5.74) is 0. The lowest BCUT2D eigenvalue weighted by atomic mass is 10.3. The maximum Gasteiger partial charge on any atom is 0.215 e. The highest BCUT2D eigenvalue weighted by atomic mass is 32.2. The van der Waals surface area contributed by atoms with Gasteiger partial charge in [0.1, 0.15) is 0 Å². The minimum Gasteiger partial charge on any atom is -0.377 e. The van der Waals surface area contributed by atoms with E-state index >= 15 is 0 Å². The highest BCUT2D eigenvalue weighted by Gasteiger charge is 2.24. The van der Waals surface area contributed by atoms with Crippen molar-refractivity contribution in [2.75, 3.05) is 12.4 Å². The predicted molar refractivity (Wildman–Crippen MR) is 58.8 cm³/mol. The SMILES string of the molecule is C#CC(CC)NS(=O)(=O)CC1CCCO1. The summed E-state index contributed by atoms with van der Waals surface area (Å²) in [6.07, 6.45) is 7.37. The van der Waals surface area contributed by atoms with Gasteiger partial charge in [0.05, 0.1) is 17.9 Å². The van der Waals surface area contributed by atoms with Crippen molar-refractivity contribution in [1.29, 1.82) is 0 Å². The molecule has 0 aromatic rings. The van der Waals surface area contributed by atoms with Gasteiger partial charge in [-0.1, -0.05) is 12.8 Å². The van der Waals surface area contributed by atoms with Gasteiger partial charge in [0.25, 0.3) is 0 Å². The molecule has 4 nitrogen and oxygen atoms in total. The van der Waals surface area contributed by atoms with Gasteiger partial charge in [-0.25, -0.2) is 13.1 Å². The van der Waals surface area contributed by atoms with Crippen LogP contribution >= 0.6 is 0 Å². The molecule has 1 rings (SSSR count). The number of hydrogen-bond acceptors (Lipinski definition) is 3. The summed E-state index contributed by atoms with van der Waals surface area (Å²) in [5, 5.41) is 0. The third-order valence-electron chi connectivity index (χ3n) is 2.36. The van der Waals surface area contributed by atoms with E-state index in [-0.39, 0.29) is 11.9 Å². The van der Waals surface area contributed by atoms with E-state index in [1.807, 2.05) is 6.92 Å². The van der Waals surface area contributed by atoms with Crippen LogP contribution in [0.5, 0.6) is 0 Å². The molecule has 86 valence electrons. The molecule has 0 aliphatic carbocycles. The topological polar surface area (TPSA) is 55.4 Å². The molecule has 0 amide bonds. The largest absolute Gasteiger partial charge is 0.377 e. The van der Waals surface area contributed by atoms with E-state index < -0.39 is 16.1 Å². The lowest BCUT2D eigenvalue weighted by Gasteiger charge is -2.14. The van der Waals surface area contributed by atoms with Crippen molar-refractivity contribution in [1.82, 2.24) is 4.72 Å². The van der Waals surface area contributed by atoms with Gasteiger partial charge in [0.2, 0.25) is 10.0 Å². The summed E-state index contributed by atoms with van der Waals surface area (Å²) in [6, 6.07) is -0.406. The van der Waals surface area contributed by atoms with Crippen LogP contribution in [0.1, 0.15) is 26.2 Å². The fourth-order valence-electron chi connectivity index (χ4n) is 1.52. The molecule has 1 aliphatic rings. The van der Waals surface area contributed by atoms with Crippen molar-refractivity contribution >= 4 is 10.0 Å². The monoisotopic (exact) mass is 231 g/mol. The molecule has 2 unspecified atom stereocenters. The number of nitrogens with one attached hydrogen (secondary N) is 1. The first-order chi connectivity index (χ1) is 7.07. The number of sulfonamides is 1. The number of ether oxygens (including phenoxy) is 1. The Bertz CT molecular complexity index is 325. The van der Waals surface area contributed by atoms with Crippen molar-refractivity contribution in [3.8, 4) is 12.3 Å². The Hall–Kier alpha value is -0.570. The van der Waals surface area contributed by atoms with Gasteiger partial charge in [0.15, 0.2) is 0 Å². The van der Waals surface area contributed by atoms with Gasteiger partial charge in [-0.2, -0.15) is 0 Å². The fraction of sp³-hybridized carbons (Fsp3) is 0.800. The molecule has 0 aromatic heterocycles. The van der Waals surface area contributed by atoms with Crippen LogP contribution < -0.4 is 4.72 Å². The Balaban J connectivity index is 2.48. The minimum atomic E-state index is -3.31. The summed E-state index contributed by atoms with van der Waals surface area (Å²) in [5.74, 6) is 2.42. The van der Waals surface area contributed by atoms with Crippen LogP contribution in [0.15, 0.2) is 0 Å². The zero-order valence-electron chi connectivity index (χ0n) is 8.90. The maximum atomic E-state index is 11.6. The molecule has 0 spiro atoms. The van der Waals surface area contributed by atoms with Gasteiger partial charge in [-0.3, -0.25) is 0 Å². The summed E-state index contributed by atoms with van der Waals surface area (Å²) in [4.78, 5) is 0. The molecule has 1 saturated heterocycles. The van der Waals surface area contributed by atoms with Crippen LogP contribution in [0.3, 0.4) is 0 Å². The van der Waals surface area contributed by atoms with E-state index in [4.69, 9.17) is 11.2 Å². The highest BCUT2D eigenvalue weighted by Crippen LogP contribution is 2.13. The molecule has 1 fully saturated rings. The van der Waals surface area contributed by atoms with Gasteiger partial charge >= 0.3 is 0 Å². The molecule has 0 radical (unpaired) electrons. The van der Waals surface area contributed by atoms with Crippen molar-refractivity contribution in [2.45, 2.75) is 38.3 Å². The summed E-state index contributed by atoms with van der Waals surface area (Å²) >= 11 is 0. The van der Waals surface area contributed by atoms with Crippen molar-refractivity contribution in [3.05, 3.63) is 0 Å². The second-order valence-corrected chi connectivity index (χ2v) is 5.46. The molecule has 0 bridgehead atoms. The number of hydrogen-bond donors (Lipinski definition) is 1. The van der Waals surface area contributed by atoms with Gasteiger partial charge in [0, 0.05) is 6.61 Å². The maximum absolute atomic E-state index is 11.6. The normalized spacial score (nSPS) is 23.6. The highest BCUT2D eigenvalue weighted by molar-refractivity contribution is 7.89. The van der Waals surface area contributed by atoms with E-state index in [0.717, 1.165) is 12.8 Å². The third kappa shape index (κ3) is 4.20. The van der Waals surface area contributed by atoms with Crippen LogP contribution in [0, 0.1) is 12.3 Å². The van der Waals surface area contributed by atoms with E-state index in [9.17, 15) is 8.42 Å². The molecule has 1 N–H and O–H groups in total. The lowest BCUT2D eigenvalue weighted by molar-refractivity contribution is 0.127. The zero-order valence-corrected chi connectivity index (χ0v) is 9.72. The Morgan fingerprint density at radius 2 is 2.40 bits per heavy atom. The molecule has 1 aliphatic heterocycles. The first-order valence-corrected chi connectivity index (χ1v) is 6.80. The molecule has 0 aromatic carbocycles. The van der Waals surface area contributed by atoms with Crippen LogP contribution in [-0.2, 0) is 14.8 Å². The number of terminal acetylenes is 1. The van der Waals surface area contributed by atoms with Gasteiger partial charge < -0.3 is 4.74 Å². The van der Waals surface area contributed by atoms with Crippen molar-refractivity contribution < 1.29 is 13.2 Å². The Labute approximate surface area is 91.4 Å². The Kier molecular flexibility index (Phi) is 4.58. The Morgan fingerprint density at radius 3 is 2.87 bits per heavy atom. The molecule has 1 heterocycles. The van der Waals surface area contributed by atoms with E-state index in [1.165, 1.54) is 0 Å². The molecular formula is C10H17NO3S. The van der Waals surface area contributed by atoms with Crippen LogP contribution in [-0.4, -0.2) is 32.9 Å². The third-order valence-corrected chi connectivity index (χ3v) is 3.81. The van der Waals surface area contributed by atoms with E-state index in [1.54, 1.807) is 0 Å². The van der Waals surface area contributed by atoms with E-state index in [2.05, 4.69) is 10.6 Å². The molecule has 15 heavy (non-hydrogen) atoms. The fourth-order valence-corrected chi connectivity index (χ4v) is 3.04. The standard InChI is InChI=1S/C10H17NO3S/c1-3-9(4-2)11-15(12,13)8-10-6-5-7-14-10/h1,9-11H,4-8H2,2H3. The average Bonchev–Trinajstić information content (AvgIpc) is 2.66. The van der Waals surface area contributed by atoms with Crippen LogP contribution in [0.25, 0.3) is 0 Å². The van der Waals surface area contributed by atoms with Gasteiger partial charge in [-0.05, 0) is 19.3 Å². The average molecular weight is 231 g/mol. The quantitative estimate of drug-likeness (QED) is 0.701. The Morgan fingerprint density at radius 1 is 1.67 bits per heavy atom. The summed E-state index contributed by atoms with van der Waals surface area (Å²) < 4.78 is 31.0. The zero-order chi connectivity index (χ0) is 11.3. The minimum absolute atomic E-state index is 0.0190. The molecule has 2 atom stereocenters. The first kappa shape index (κ1) is 12.5. The molecule has 5 heteroatoms. The number of rotatable bonds is 5. The molecular weight excluding hydrogens is 214 g/mol. The van der Waals surface area contributed by atoms with Crippen LogP contribution in [0.4, 0.5) is 0 Å².